The van der Waals surface area contributed by atoms with E-state index >= 15 is 0 Å². The van der Waals surface area contributed by atoms with Crippen molar-refractivity contribution in [3.63, 3.8) is 0 Å². The van der Waals surface area contributed by atoms with Crippen LogP contribution in [0.1, 0.15) is 0 Å². The molecule has 0 N–H and O–H groups in total. The number of fused-ring (bicyclic) bond motifs is 9. The predicted octanol–water partition coefficient (Wildman–Crippen LogP) is 16.7. The molecule has 0 atom stereocenters. The average molecular weight is 764 g/mol. The van der Waals surface area contributed by atoms with Crippen LogP contribution in [-0.4, -0.2) is 0 Å². The second-order valence-corrected chi connectivity index (χ2v) is 15.7. The van der Waals surface area contributed by atoms with Gasteiger partial charge in [0.2, 0.25) is 0 Å². The summed E-state index contributed by atoms with van der Waals surface area (Å²) >= 11 is 0. The first-order chi connectivity index (χ1) is 29.7. The first-order valence-electron chi connectivity index (χ1n) is 20.6. The van der Waals surface area contributed by atoms with Gasteiger partial charge < -0.3 is 9.32 Å². The van der Waals surface area contributed by atoms with Gasteiger partial charge in [0.1, 0.15) is 11.2 Å². The highest BCUT2D eigenvalue weighted by Crippen LogP contribution is 2.45. The van der Waals surface area contributed by atoms with Gasteiger partial charge in [-0.1, -0.05) is 176 Å². The first kappa shape index (κ1) is 34.1. The maximum Gasteiger partial charge on any atom is 0.137 e. The van der Waals surface area contributed by atoms with Gasteiger partial charge in [-0.2, -0.15) is 0 Å². The summed E-state index contributed by atoms with van der Waals surface area (Å²) in [4.78, 5) is 2.38. The zero-order valence-electron chi connectivity index (χ0n) is 32.7. The van der Waals surface area contributed by atoms with Crippen molar-refractivity contribution in [2.45, 2.75) is 0 Å². The summed E-state index contributed by atoms with van der Waals surface area (Å²) in [5.41, 5.74) is 12.1. The molecule has 2 nitrogen and oxygen atoms in total. The molecule has 1 heterocycles. The van der Waals surface area contributed by atoms with Crippen LogP contribution in [0.5, 0.6) is 0 Å². The highest BCUT2D eigenvalue weighted by atomic mass is 16.3. The molecule has 0 aliphatic heterocycles. The number of para-hydroxylation sites is 1. The van der Waals surface area contributed by atoms with Crippen LogP contribution in [0.25, 0.3) is 98.4 Å². The van der Waals surface area contributed by atoms with Crippen LogP contribution >= 0.6 is 0 Å². The lowest BCUT2D eigenvalue weighted by molar-refractivity contribution is 0.669. The van der Waals surface area contributed by atoms with Crippen molar-refractivity contribution in [1.29, 1.82) is 0 Å². The molecule has 0 aliphatic rings. The smallest absolute Gasteiger partial charge is 0.137 e. The Balaban J connectivity index is 0.951. The van der Waals surface area contributed by atoms with E-state index in [9.17, 15) is 0 Å². The molecule has 0 amide bonds. The number of benzene rings is 11. The minimum Gasteiger partial charge on any atom is -0.456 e. The fraction of sp³-hybridized carbons (Fsp3) is 0. The summed E-state index contributed by atoms with van der Waals surface area (Å²) in [5, 5.41) is 12.3. The van der Waals surface area contributed by atoms with E-state index in [-0.39, 0.29) is 0 Å². The van der Waals surface area contributed by atoms with Gasteiger partial charge in [0.25, 0.3) is 0 Å². The van der Waals surface area contributed by atoms with Crippen molar-refractivity contribution >= 4 is 82.1 Å². The monoisotopic (exact) mass is 763 g/mol. The molecule has 0 saturated heterocycles. The molecule has 0 fully saturated rings. The Morgan fingerprint density at radius 3 is 1.62 bits per heavy atom. The summed E-state index contributed by atoms with van der Waals surface area (Å²) in [6, 6.07) is 81.3. The maximum absolute atomic E-state index is 6.42. The van der Waals surface area contributed by atoms with Crippen LogP contribution in [-0.2, 0) is 0 Å². The molecule has 280 valence electrons. The van der Waals surface area contributed by atoms with Gasteiger partial charge in [-0.15, -0.1) is 0 Å². The second-order valence-electron chi connectivity index (χ2n) is 15.7. The molecule has 0 saturated carbocycles. The van der Waals surface area contributed by atoms with Crippen LogP contribution in [0.3, 0.4) is 0 Å². The Labute approximate surface area is 347 Å². The van der Waals surface area contributed by atoms with E-state index < -0.39 is 0 Å². The molecule has 12 rings (SSSR count). The van der Waals surface area contributed by atoms with Crippen molar-refractivity contribution in [2.24, 2.45) is 0 Å². The van der Waals surface area contributed by atoms with Crippen molar-refractivity contribution in [2.75, 3.05) is 4.90 Å². The highest BCUT2D eigenvalue weighted by molar-refractivity contribution is 6.15. The van der Waals surface area contributed by atoms with Gasteiger partial charge in [-0.05, 0) is 125 Å². The molecular weight excluding hydrogens is 727 g/mol. The Bertz CT molecular complexity index is 3600. The molecule has 0 spiro atoms. The van der Waals surface area contributed by atoms with Gasteiger partial charge in [0.15, 0.2) is 0 Å². The van der Waals surface area contributed by atoms with Crippen LogP contribution in [0.2, 0.25) is 0 Å². The third-order valence-electron chi connectivity index (χ3n) is 12.2. The van der Waals surface area contributed by atoms with E-state index in [1.807, 2.05) is 6.07 Å². The van der Waals surface area contributed by atoms with E-state index in [1.54, 1.807) is 0 Å². The molecule has 2 heteroatoms. The minimum absolute atomic E-state index is 0.868. The third-order valence-corrected chi connectivity index (χ3v) is 12.2. The number of anilines is 3. The van der Waals surface area contributed by atoms with Gasteiger partial charge in [0.05, 0.1) is 11.1 Å². The van der Waals surface area contributed by atoms with Crippen LogP contribution in [0.4, 0.5) is 17.1 Å². The zero-order chi connectivity index (χ0) is 39.6. The van der Waals surface area contributed by atoms with Gasteiger partial charge in [-0.25, -0.2) is 0 Å². The average Bonchev–Trinajstić information content (AvgIpc) is 3.71. The van der Waals surface area contributed by atoms with Gasteiger partial charge in [0, 0.05) is 16.8 Å². The minimum atomic E-state index is 0.868. The molecule has 0 unspecified atom stereocenters. The number of hydrogen-bond donors (Lipinski definition) is 0. The quantitative estimate of drug-likeness (QED) is 0.157. The lowest BCUT2D eigenvalue weighted by Gasteiger charge is -2.27. The Morgan fingerprint density at radius 2 is 0.833 bits per heavy atom. The van der Waals surface area contributed by atoms with Crippen molar-refractivity contribution in [3.8, 4) is 33.4 Å². The fourth-order valence-electron chi connectivity index (χ4n) is 9.31. The van der Waals surface area contributed by atoms with Crippen LogP contribution in [0, 0.1) is 0 Å². The van der Waals surface area contributed by atoms with E-state index in [4.69, 9.17) is 4.42 Å². The van der Waals surface area contributed by atoms with E-state index in [0.717, 1.165) is 39.0 Å². The summed E-state index contributed by atoms with van der Waals surface area (Å²) < 4.78 is 6.42. The Kier molecular flexibility index (Phi) is 7.89. The summed E-state index contributed by atoms with van der Waals surface area (Å²) in [7, 11) is 0. The number of furan rings is 1. The zero-order valence-corrected chi connectivity index (χ0v) is 32.7. The molecule has 12 aromatic rings. The van der Waals surface area contributed by atoms with E-state index in [2.05, 4.69) is 223 Å². The van der Waals surface area contributed by atoms with Crippen molar-refractivity contribution in [1.82, 2.24) is 0 Å². The molecule has 60 heavy (non-hydrogen) atoms. The number of hydrogen-bond acceptors (Lipinski definition) is 2. The third kappa shape index (κ3) is 5.65. The van der Waals surface area contributed by atoms with Crippen molar-refractivity contribution < 1.29 is 4.42 Å². The number of rotatable bonds is 6. The van der Waals surface area contributed by atoms with E-state index in [1.165, 1.54) is 76.5 Å². The SMILES string of the molecule is c1cc(-c2cccc3c2ccc2ccccc23)cc(N(c2ccc(-c3ccc(-c4ccc5ccc6ccccc6c5c4)cc3)cc2)c2cccc3oc4ccccc4c23)c1. The highest BCUT2D eigenvalue weighted by Gasteiger charge is 2.20. The standard InChI is InChI=1S/C58H37NO/c1-3-14-48-42(11-1)32-35-52-50(17-8-18-51(48)52)45-12-7-13-47(36-45)59(55-19-9-21-57-58(55)53-16-5-6-20-56(53)60-57)46-33-30-39(31-34-46)38-22-24-40(25-23-38)44-29-28-43-27-26-41-10-2-4-15-49(41)54(43)37-44/h1-37H. The molecule has 0 bridgehead atoms. The molecule has 0 aliphatic carbocycles. The molecule has 1 aromatic heterocycles. The second kappa shape index (κ2) is 13.9. The first-order valence-corrected chi connectivity index (χ1v) is 20.6. The molecule has 0 radical (unpaired) electrons. The normalized spacial score (nSPS) is 11.7. The molecular formula is C58H37NO. The number of nitrogens with zero attached hydrogens (tertiary/aromatic N) is 1. The summed E-state index contributed by atoms with van der Waals surface area (Å²) in [5.74, 6) is 0. The van der Waals surface area contributed by atoms with Crippen LogP contribution < -0.4 is 4.90 Å². The summed E-state index contributed by atoms with van der Waals surface area (Å²) in [6.07, 6.45) is 0. The van der Waals surface area contributed by atoms with Gasteiger partial charge >= 0.3 is 0 Å². The van der Waals surface area contributed by atoms with E-state index in [0.29, 0.717) is 0 Å². The Hall–Kier alpha value is -7.94. The predicted molar refractivity (Wildman–Crippen MR) is 255 cm³/mol. The fourth-order valence-corrected chi connectivity index (χ4v) is 9.31. The topological polar surface area (TPSA) is 16.4 Å². The molecule has 11 aromatic carbocycles. The maximum atomic E-state index is 6.42. The summed E-state index contributed by atoms with van der Waals surface area (Å²) in [6.45, 7) is 0. The van der Waals surface area contributed by atoms with Crippen molar-refractivity contribution in [3.05, 3.63) is 224 Å². The Morgan fingerprint density at radius 1 is 0.283 bits per heavy atom. The lowest BCUT2D eigenvalue weighted by atomic mass is 9.94. The lowest BCUT2D eigenvalue weighted by Crippen LogP contribution is -2.10. The van der Waals surface area contributed by atoms with Gasteiger partial charge in [-0.3, -0.25) is 0 Å². The van der Waals surface area contributed by atoms with Crippen LogP contribution in [0.15, 0.2) is 229 Å². The largest absolute Gasteiger partial charge is 0.456 e.